The standard InChI is InChI=1S/C15H20ClFN2O2.C10H11ClO2/c1-3-4-11(18-2)7-8-19-15(20)10-21-12-5-6-13(16)14(17)9-12;11-10-4-1-3-9(7-10)8-13-6-2-5-12/h4-6,9,18H,3,7-8,10H2,1-2H3,(H,19,20);1,3-5,7H,2,6,8H2/b11-4+;. The number of aldehydes is 1. The average molecular weight is 513 g/mol. The Balaban J connectivity index is 0.000000380. The maximum Gasteiger partial charge on any atom is 0.257 e. The third kappa shape index (κ3) is 13.2. The number of hydrogen-bond donors (Lipinski definition) is 2. The summed E-state index contributed by atoms with van der Waals surface area (Å²) in [6, 6.07) is 11.5. The first-order valence-electron chi connectivity index (χ1n) is 10.9. The fourth-order valence-electron chi connectivity index (χ4n) is 2.63. The second kappa shape index (κ2) is 17.8. The molecule has 1 amide bonds. The maximum atomic E-state index is 13.2. The van der Waals surface area contributed by atoms with E-state index in [9.17, 15) is 14.0 Å². The number of hydrogen-bond acceptors (Lipinski definition) is 5. The van der Waals surface area contributed by atoms with Crippen LogP contribution in [0.3, 0.4) is 0 Å². The molecule has 0 atom stereocenters. The van der Waals surface area contributed by atoms with Gasteiger partial charge in [0.15, 0.2) is 6.61 Å². The van der Waals surface area contributed by atoms with E-state index in [0.29, 0.717) is 31.2 Å². The minimum absolute atomic E-state index is 0.0223. The number of halogens is 3. The lowest BCUT2D eigenvalue weighted by atomic mass is 10.2. The molecule has 2 rings (SSSR count). The molecular weight excluding hydrogens is 482 g/mol. The lowest BCUT2D eigenvalue weighted by Gasteiger charge is -2.09. The molecule has 0 radical (unpaired) electrons. The van der Waals surface area contributed by atoms with Gasteiger partial charge in [0, 0.05) is 43.2 Å². The highest BCUT2D eigenvalue weighted by Crippen LogP contribution is 2.20. The van der Waals surface area contributed by atoms with Gasteiger partial charge in [-0.05, 0) is 36.2 Å². The third-order valence-corrected chi connectivity index (χ3v) is 4.83. The number of carbonyl (C=O) groups excluding carboxylic acids is 2. The van der Waals surface area contributed by atoms with E-state index in [1.165, 1.54) is 12.1 Å². The first kappa shape index (κ1) is 29.4. The fraction of sp³-hybridized carbons (Fsp3) is 0.360. The second-order valence-corrected chi connectivity index (χ2v) is 7.83. The van der Waals surface area contributed by atoms with Crippen LogP contribution in [0.25, 0.3) is 0 Å². The van der Waals surface area contributed by atoms with E-state index in [-0.39, 0.29) is 23.3 Å². The summed E-state index contributed by atoms with van der Waals surface area (Å²) in [6.07, 6.45) is 5.03. The van der Waals surface area contributed by atoms with Crippen LogP contribution in [0.5, 0.6) is 5.75 Å². The summed E-state index contributed by atoms with van der Waals surface area (Å²) < 4.78 is 23.6. The van der Waals surface area contributed by atoms with Crippen LogP contribution in [0.1, 0.15) is 31.7 Å². The Labute approximate surface area is 210 Å². The number of ether oxygens (including phenoxy) is 2. The molecule has 2 N–H and O–H groups in total. The molecule has 2 aromatic carbocycles. The molecule has 0 saturated carbocycles. The van der Waals surface area contributed by atoms with E-state index in [4.69, 9.17) is 32.7 Å². The smallest absolute Gasteiger partial charge is 0.257 e. The van der Waals surface area contributed by atoms with Crippen molar-refractivity contribution >= 4 is 35.4 Å². The molecule has 0 aromatic heterocycles. The van der Waals surface area contributed by atoms with E-state index in [1.54, 1.807) is 0 Å². The summed E-state index contributed by atoms with van der Waals surface area (Å²) in [5.74, 6) is -0.552. The SMILES string of the molecule is CC/C=C(\CCNC(=O)COc1ccc(Cl)c(F)c1)NC.O=CCCOCc1cccc(Cl)c1. The zero-order valence-corrected chi connectivity index (χ0v) is 20.9. The minimum Gasteiger partial charge on any atom is -0.484 e. The van der Waals surface area contributed by atoms with Gasteiger partial charge in [0.2, 0.25) is 0 Å². The van der Waals surface area contributed by atoms with Crippen molar-refractivity contribution in [1.82, 2.24) is 10.6 Å². The van der Waals surface area contributed by atoms with E-state index >= 15 is 0 Å². The van der Waals surface area contributed by atoms with Crippen LogP contribution >= 0.6 is 23.2 Å². The van der Waals surface area contributed by atoms with Crippen LogP contribution in [-0.4, -0.2) is 39.0 Å². The van der Waals surface area contributed by atoms with Crippen molar-refractivity contribution < 1.29 is 23.5 Å². The van der Waals surface area contributed by atoms with Gasteiger partial charge in [-0.15, -0.1) is 0 Å². The molecule has 0 unspecified atom stereocenters. The molecule has 9 heteroatoms. The largest absolute Gasteiger partial charge is 0.484 e. The van der Waals surface area contributed by atoms with Gasteiger partial charge >= 0.3 is 0 Å². The highest BCUT2D eigenvalue weighted by atomic mass is 35.5. The monoisotopic (exact) mass is 512 g/mol. The Kier molecular flexibility index (Phi) is 15.4. The molecule has 6 nitrogen and oxygen atoms in total. The van der Waals surface area contributed by atoms with Crippen molar-refractivity contribution in [3.05, 3.63) is 75.7 Å². The van der Waals surface area contributed by atoms with Crippen molar-refractivity contribution in [3.63, 3.8) is 0 Å². The second-order valence-electron chi connectivity index (χ2n) is 6.99. The number of benzene rings is 2. The molecule has 0 heterocycles. The first-order chi connectivity index (χ1) is 16.4. The van der Waals surface area contributed by atoms with Crippen molar-refractivity contribution in [2.75, 3.05) is 26.8 Å². The van der Waals surface area contributed by atoms with E-state index in [0.717, 1.165) is 36.5 Å². The molecule has 186 valence electrons. The van der Waals surface area contributed by atoms with E-state index in [2.05, 4.69) is 23.6 Å². The van der Waals surface area contributed by atoms with Crippen LogP contribution < -0.4 is 15.4 Å². The number of carbonyl (C=O) groups is 2. The Hall–Kier alpha value is -2.61. The number of amides is 1. The normalized spacial score (nSPS) is 10.7. The molecular formula is C25H31Cl2FN2O4. The number of allylic oxidation sites excluding steroid dienone is 1. The van der Waals surface area contributed by atoms with Crippen LogP contribution in [0.2, 0.25) is 10.0 Å². The molecule has 0 saturated heterocycles. The van der Waals surface area contributed by atoms with Crippen molar-refractivity contribution in [2.45, 2.75) is 32.8 Å². The highest BCUT2D eigenvalue weighted by Gasteiger charge is 2.05. The molecule has 0 aliphatic heterocycles. The summed E-state index contributed by atoms with van der Waals surface area (Å²) in [6.45, 7) is 3.39. The first-order valence-corrected chi connectivity index (χ1v) is 11.6. The molecule has 34 heavy (non-hydrogen) atoms. The van der Waals surface area contributed by atoms with Gasteiger partial charge in [-0.25, -0.2) is 4.39 Å². The van der Waals surface area contributed by atoms with Crippen molar-refractivity contribution in [1.29, 1.82) is 0 Å². The molecule has 0 aliphatic carbocycles. The number of nitrogens with one attached hydrogen (secondary N) is 2. The summed E-state index contributed by atoms with van der Waals surface area (Å²) in [7, 11) is 1.85. The highest BCUT2D eigenvalue weighted by molar-refractivity contribution is 6.31. The van der Waals surface area contributed by atoms with Gasteiger partial charge in [0.25, 0.3) is 5.91 Å². The molecule has 0 bridgehead atoms. The Bertz CT molecular complexity index is 926. The fourth-order valence-corrected chi connectivity index (χ4v) is 2.96. The average Bonchev–Trinajstić information content (AvgIpc) is 2.82. The van der Waals surface area contributed by atoms with Crippen molar-refractivity contribution in [2.24, 2.45) is 0 Å². The summed E-state index contributed by atoms with van der Waals surface area (Å²) >= 11 is 11.3. The van der Waals surface area contributed by atoms with E-state index < -0.39 is 5.82 Å². The van der Waals surface area contributed by atoms with Crippen LogP contribution in [0, 0.1) is 5.82 Å². The number of rotatable bonds is 13. The molecule has 2 aromatic rings. The van der Waals surface area contributed by atoms with Crippen molar-refractivity contribution in [3.8, 4) is 5.75 Å². The Morgan fingerprint density at radius 1 is 1.18 bits per heavy atom. The zero-order chi connectivity index (χ0) is 25.2. The van der Waals surface area contributed by atoms with Gasteiger partial charge in [-0.2, -0.15) is 0 Å². The van der Waals surface area contributed by atoms with Crippen LogP contribution in [-0.2, 0) is 20.9 Å². The predicted molar refractivity (Wildman–Crippen MR) is 134 cm³/mol. The Morgan fingerprint density at radius 2 is 1.97 bits per heavy atom. The zero-order valence-electron chi connectivity index (χ0n) is 19.4. The lowest BCUT2D eigenvalue weighted by Crippen LogP contribution is -2.30. The van der Waals surface area contributed by atoms with Gasteiger partial charge < -0.3 is 24.9 Å². The van der Waals surface area contributed by atoms with Crippen LogP contribution in [0.15, 0.2) is 54.2 Å². The van der Waals surface area contributed by atoms with Crippen LogP contribution in [0.4, 0.5) is 4.39 Å². The quantitative estimate of drug-likeness (QED) is 0.280. The van der Waals surface area contributed by atoms with E-state index in [1.807, 2.05) is 31.3 Å². The molecule has 0 spiro atoms. The third-order valence-electron chi connectivity index (χ3n) is 4.29. The van der Waals surface area contributed by atoms with Gasteiger partial charge in [0.05, 0.1) is 18.2 Å². The predicted octanol–water partition coefficient (Wildman–Crippen LogP) is 5.32. The molecule has 0 aliphatic rings. The van der Waals surface area contributed by atoms with Gasteiger partial charge in [0.1, 0.15) is 17.9 Å². The topological polar surface area (TPSA) is 76.7 Å². The minimum atomic E-state index is -0.571. The molecule has 0 fully saturated rings. The summed E-state index contributed by atoms with van der Waals surface area (Å²) in [4.78, 5) is 21.6. The maximum absolute atomic E-state index is 13.2. The van der Waals surface area contributed by atoms with Gasteiger partial charge in [-0.1, -0.05) is 48.3 Å². The lowest BCUT2D eigenvalue weighted by molar-refractivity contribution is -0.123. The summed E-state index contributed by atoms with van der Waals surface area (Å²) in [5.41, 5.74) is 2.11. The van der Waals surface area contributed by atoms with Gasteiger partial charge in [-0.3, -0.25) is 4.79 Å². The Morgan fingerprint density at radius 3 is 2.62 bits per heavy atom. The summed E-state index contributed by atoms with van der Waals surface area (Å²) in [5, 5.41) is 6.54.